The Bertz CT molecular complexity index is 1130. The molecule has 2 aliphatic carbocycles. The molecule has 3 aliphatic rings. The number of hydrogen-bond donors (Lipinski definition) is 2. The van der Waals surface area contributed by atoms with Gasteiger partial charge in [-0.2, -0.15) is 0 Å². The Hall–Kier alpha value is -3.40. The highest BCUT2D eigenvalue weighted by Gasteiger charge is 2.62. The van der Waals surface area contributed by atoms with Crippen molar-refractivity contribution >= 4 is 23.9 Å². The molecule has 0 radical (unpaired) electrons. The molecule has 41 heavy (non-hydrogen) atoms. The van der Waals surface area contributed by atoms with E-state index < -0.39 is 53.0 Å². The molecule has 1 aromatic carbocycles. The van der Waals surface area contributed by atoms with Crippen molar-refractivity contribution in [1.29, 1.82) is 0 Å². The highest BCUT2D eigenvalue weighted by atomic mass is 16.6. The molecule has 1 heterocycles. The summed E-state index contributed by atoms with van der Waals surface area (Å²) in [6.45, 7) is 9.80. The number of ether oxygens (including phenoxy) is 3. The van der Waals surface area contributed by atoms with E-state index in [0.29, 0.717) is 13.0 Å². The third-order valence-corrected chi connectivity index (χ3v) is 8.32. The van der Waals surface area contributed by atoms with Crippen LogP contribution in [0, 0.1) is 11.3 Å². The van der Waals surface area contributed by atoms with Gasteiger partial charge in [-0.1, -0.05) is 57.2 Å². The van der Waals surface area contributed by atoms with Gasteiger partial charge >= 0.3 is 12.1 Å². The van der Waals surface area contributed by atoms with E-state index in [1.165, 1.54) is 12.0 Å². The summed E-state index contributed by atoms with van der Waals surface area (Å²) in [5.41, 5.74) is -0.899. The van der Waals surface area contributed by atoms with Crippen molar-refractivity contribution in [2.45, 2.75) is 95.7 Å². The normalized spacial score (nSPS) is 26.6. The lowest BCUT2D eigenvalue weighted by molar-refractivity contribution is -0.148. The van der Waals surface area contributed by atoms with Gasteiger partial charge in [-0.05, 0) is 43.1 Å². The number of nitrogens with one attached hydrogen (secondary N) is 2. The molecule has 0 spiro atoms. The quantitative estimate of drug-likeness (QED) is 0.327. The number of nitrogens with zero attached hydrogens (tertiary/aromatic N) is 1. The largest absolute Gasteiger partial charge is 0.467 e. The van der Waals surface area contributed by atoms with Crippen LogP contribution in [0.25, 0.3) is 0 Å². The molecule has 2 N–H and O–H groups in total. The molecule has 0 aromatic heterocycles. The lowest BCUT2D eigenvalue weighted by Gasteiger charge is -2.35. The SMILES string of the molecule is C=CC1C[C@]1(NC(=O)[C@@H]1C[C@@H](OCc2ccccc2)CN1C(=O)[C@@H](NC(=O)OC1CCCC1)C(C)(C)C)C(=O)OC. The Morgan fingerprint density at radius 1 is 1.12 bits per heavy atom. The van der Waals surface area contributed by atoms with Crippen molar-refractivity contribution in [2.75, 3.05) is 13.7 Å². The summed E-state index contributed by atoms with van der Waals surface area (Å²) < 4.78 is 16.7. The number of hydrogen-bond acceptors (Lipinski definition) is 7. The standard InChI is InChI=1S/C31H43N3O7/c1-6-21-17-31(21,28(37)39-5)33-26(35)24-16-23(40-19-20-12-8-7-9-13-20)18-34(24)27(36)25(30(2,3)4)32-29(38)41-22-14-10-11-15-22/h6-9,12-13,21-25H,1,10-11,14-19H2,2-5H3,(H,32,38)(H,33,35)/t21?,23-,24+,25-,31-/m1/s1. The second-order valence-electron chi connectivity index (χ2n) is 12.4. The van der Waals surface area contributed by atoms with E-state index in [1.54, 1.807) is 6.08 Å². The average Bonchev–Trinajstić information content (AvgIpc) is 3.25. The lowest BCUT2D eigenvalue weighted by Crippen LogP contribution is -2.59. The van der Waals surface area contributed by atoms with Crippen LogP contribution in [0.3, 0.4) is 0 Å². The first-order valence-electron chi connectivity index (χ1n) is 14.4. The summed E-state index contributed by atoms with van der Waals surface area (Å²) in [4.78, 5) is 54.7. The van der Waals surface area contributed by atoms with Gasteiger partial charge in [0.15, 0.2) is 0 Å². The molecule has 1 aliphatic heterocycles. The Kier molecular flexibility index (Phi) is 9.41. The first kappa shape index (κ1) is 30.6. The molecule has 1 aromatic rings. The minimum atomic E-state index is -1.20. The highest BCUT2D eigenvalue weighted by Crippen LogP contribution is 2.45. The summed E-state index contributed by atoms with van der Waals surface area (Å²) >= 11 is 0. The zero-order valence-electron chi connectivity index (χ0n) is 24.5. The van der Waals surface area contributed by atoms with E-state index in [1.807, 2.05) is 51.1 Å². The number of benzene rings is 1. The van der Waals surface area contributed by atoms with Gasteiger partial charge in [-0.3, -0.25) is 9.59 Å². The van der Waals surface area contributed by atoms with E-state index in [2.05, 4.69) is 17.2 Å². The molecule has 4 rings (SSSR count). The fourth-order valence-corrected chi connectivity index (χ4v) is 5.81. The van der Waals surface area contributed by atoms with E-state index in [0.717, 1.165) is 31.2 Å². The maximum absolute atomic E-state index is 14.1. The van der Waals surface area contributed by atoms with Crippen molar-refractivity contribution in [3.63, 3.8) is 0 Å². The van der Waals surface area contributed by atoms with Gasteiger partial charge in [0.1, 0.15) is 23.7 Å². The second kappa shape index (κ2) is 12.6. The number of amides is 3. The number of carbonyl (C=O) groups is 4. The number of alkyl carbamates (subject to hydrolysis) is 1. The second-order valence-corrected chi connectivity index (χ2v) is 12.4. The molecule has 3 fully saturated rings. The zero-order chi connectivity index (χ0) is 29.8. The number of rotatable bonds is 10. The number of carbonyl (C=O) groups excluding carboxylic acids is 4. The molecule has 10 heteroatoms. The summed E-state index contributed by atoms with van der Waals surface area (Å²) in [6, 6.07) is 7.79. The number of likely N-dealkylation sites (tertiary alicyclic amines) is 1. The summed E-state index contributed by atoms with van der Waals surface area (Å²) in [5, 5.41) is 5.65. The van der Waals surface area contributed by atoms with Crippen LogP contribution < -0.4 is 10.6 Å². The minimum Gasteiger partial charge on any atom is -0.467 e. The Morgan fingerprint density at radius 3 is 2.39 bits per heavy atom. The van der Waals surface area contributed by atoms with Crippen molar-refractivity contribution in [1.82, 2.24) is 15.5 Å². The van der Waals surface area contributed by atoms with E-state index in [4.69, 9.17) is 14.2 Å². The highest BCUT2D eigenvalue weighted by molar-refractivity contribution is 5.96. The molecule has 10 nitrogen and oxygen atoms in total. The van der Waals surface area contributed by atoms with Gasteiger partial charge < -0.3 is 29.7 Å². The van der Waals surface area contributed by atoms with Crippen molar-refractivity contribution in [3.8, 4) is 0 Å². The van der Waals surface area contributed by atoms with Crippen LogP contribution >= 0.6 is 0 Å². The summed E-state index contributed by atoms with van der Waals surface area (Å²) in [5.74, 6) is -1.69. The van der Waals surface area contributed by atoms with Gasteiger partial charge in [0.2, 0.25) is 11.8 Å². The molecule has 3 amide bonds. The first-order chi connectivity index (χ1) is 19.5. The van der Waals surface area contributed by atoms with Gasteiger partial charge in [-0.15, -0.1) is 6.58 Å². The zero-order valence-corrected chi connectivity index (χ0v) is 24.5. The van der Waals surface area contributed by atoms with Gasteiger partial charge in [0.05, 0.1) is 19.8 Å². The number of esters is 1. The number of methoxy groups -OCH3 is 1. The van der Waals surface area contributed by atoms with E-state index >= 15 is 0 Å². The Labute approximate surface area is 242 Å². The molecule has 1 unspecified atom stereocenters. The smallest absolute Gasteiger partial charge is 0.408 e. The van der Waals surface area contributed by atoms with Crippen LogP contribution in [0.4, 0.5) is 4.79 Å². The van der Waals surface area contributed by atoms with Gasteiger partial charge in [0, 0.05) is 18.9 Å². The predicted octanol–water partition coefficient (Wildman–Crippen LogP) is 3.49. The molecule has 224 valence electrons. The van der Waals surface area contributed by atoms with Crippen molar-refractivity contribution < 1.29 is 33.4 Å². The average molecular weight is 570 g/mol. The summed E-state index contributed by atoms with van der Waals surface area (Å²) in [7, 11) is 1.28. The van der Waals surface area contributed by atoms with Crippen LogP contribution in [0.15, 0.2) is 43.0 Å². The first-order valence-corrected chi connectivity index (χ1v) is 14.4. The molecule has 2 saturated carbocycles. The third-order valence-electron chi connectivity index (χ3n) is 8.32. The molecule has 1 saturated heterocycles. The van der Waals surface area contributed by atoms with Crippen LogP contribution in [-0.4, -0.2) is 72.3 Å². The van der Waals surface area contributed by atoms with Gasteiger partial charge in [0.25, 0.3) is 0 Å². The monoisotopic (exact) mass is 569 g/mol. The summed E-state index contributed by atoms with van der Waals surface area (Å²) in [6.07, 6.45) is 4.65. The van der Waals surface area contributed by atoms with Crippen LogP contribution in [0.5, 0.6) is 0 Å². The van der Waals surface area contributed by atoms with E-state index in [-0.39, 0.29) is 25.0 Å². The van der Waals surface area contributed by atoms with Crippen molar-refractivity contribution in [2.24, 2.45) is 11.3 Å². The molecular formula is C31H43N3O7. The topological polar surface area (TPSA) is 123 Å². The third kappa shape index (κ3) is 7.09. The van der Waals surface area contributed by atoms with Crippen LogP contribution in [0.1, 0.15) is 64.9 Å². The Morgan fingerprint density at radius 2 is 1.80 bits per heavy atom. The fourth-order valence-electron chi connectivity index (χ4n) is 5.81. The maximum atomic E-state index is 14.1. The minimum absolute atomic E-state index is 0.155. The van der Waals surface area contributed by atoms with Gasteiger partial charge in [-0.25, -0.2) is 9.59 Å². The fraction of sp³-hybridized carbons (Fsp3) is 0.613. The lowest BCUT2D eigenvalue weighted by atomic mass is 9.85. The van der Waals surface area contributed by atoms with E-state index in [9.17, 15) is 19.2 Å². The van der Waals surface area contributed by atoms with Crippen molar-refractivity contribution in [3.05, 3.63) is 48.6 Å². The predicted molar refractivity (Wildman–Crippen MR) is 151 cm³/mol. The molecule has 0 bridgehead atoms. The molecule has 5 atom stereocenters. The maximum Gasteiger partial charge on any atom is 0.408 e. The molecular weight excluding hydrogens is 526 g/mol. The van der Waals surface area contributed by atoms with Crippen LogP contribution in [0.2, 0.25) is 0 Å². The Balaban J connectivity index is 1.53. The van der Waals surface area contributed by atoms with Crippen LogP contribution in [-0.2, 0) is 35.2 Å².